The highest BCUT2D eigenvalue weighted by Gasteiger charge is 2.55. The van der Waals surface area contributed by atoms with Crippen molar-refractivity contribution in [2.75, 3.05) is 13.7 Å². The lowest BCUT2D eigenvalue weighted by atomic mass is 9.98. The van der Waals surface area contributed by atoms with E-state index < -0.39 is 36.5 Å². The molecule has 0 unspecified atom stereocenters. The van der Waals surface area contributed by atoms with Crippen LogP contribution in [0.5, 0.6) is 5.75 Å². The van der Waals surface area contributed by atoms with Gasteiger partial charge in [0.15, 0.2) is 11.9 Å². The van der Waals surface area contributed by atoms with Gasteiger partial charge >= 0.3 is 5.97 Å². The quantitative estimate of drug-likeness (QED) is 0.285. The number of fused-ring (bicyclic) bond motifs is 1. The maximum atomic E-state index is 11.7. The number of hydrogen-bond acceptors (Lipinski definition) is 8. The molecule has 2 aliphatic heterocycles. The lowest BCUT2D eigenvalue weighted by molar-refractivity contribution is -0.243. The summed E-state index contributed by atoms with van der Waals surface area (Å²) < 4.78 is 29.0. The van der Waals surface area contributed by atoms with E-state index >= 15 is 0 Å². The zero-order valence-corrected chi connectivity index (χ0v) is 19.2. The van der Waals surface area contributed by atoms with Crippen LogP contribution in [0.15, 0.2) is 53.6 Å². The maximum absolute atomic E-state index is 11.7. The molecule has 2 saturated heterocycles. The molecular weight excluding hydrogens is 442 g/mol. The van der Waals surface area contributed by atoms with E-state index in [9.17, 15) is 9.90 Å². The minimum Gasteiger partial charge on any atom is -0.469 e. The summed E-state index contributed by atoms with van der Waals surface area (Å²) in [6.07, 6.45) is -4.07. The summed E-state index contributed by atoms with van der Waals surface area (Å²) in [4.78, 5) is 14.5. The number of nitrogens with zero attached hydrogens (tertiary/aromatic N) is 3. The van der Waals surface area contributed by atoms with Crippen LogP contribution in [0.2, 0.25) is 0 Å². The van der Waals surface area contributed by atoms with Crippen molar-refractivity contribution < 1.29 is 33.6 Å². The Morgan fingerprint density at radius 2 is 1.94 bits per heavy atom. The number of methoxy groups -OCH3 is 1. The van der Waals surface area contributed by atoms with Crippen molar-refractivity contribution in [3.8, 4) is 16.9 Å². The molecule has 2 aromatic rings. The summed E-state index contributed by atoms with van der Waals surface area (Å²) in [5, 5.41) is 14.3. The van der Waals surface area contributed by atoms with Gasteiger partial charge in [-0.05, 0) is 36.6 Å². The van der Waals surface area contributed by atoms with Gasteiger partial charge < -0.3 is 28.8 Å². The minimum absolute atomic E-state index is 0.0816. The van der Waals surface area contributed by atoms with E-state index in [4.69, 9.17) is 29.2 Å². The number of aliphatic hydroxyl groups is 1. The number of azide groups is 1. The number of carbonyl (C=O) groups excluding carboxylic acids is 1. The molecule has 0 aromatic heterocycles. The van der Waals surface area contributed by atoms with Gasteiger partial charge in [-0.25, -0.2) is 0 Å². The second kappa shape index (κ2) is 10.0. The zero-order valence-electron chi connectivity index (χ0n) is 19.2. The number of aliphatic hydroxyl groups excluding tert-OH is 1. The van der Waals surface area contributed by atoms with E-state index in [0.717, 1.165) is 16.7 Å². The number of hydrogen-bond donors (Lipinski definition) is 1. The number of para-hydroxylation sites is 1. The van der Waals surface area contributed by atoms with E-state index in [1.165, 1.54) is 7.11 Å². The Labute approximate surface area is 197 Å². The molecule has 2 aliphatic rings. The summed E-state index contributed by atoms with van der Waals surface area (Å²) in [7, 11) is 1.36. The second-order valence-corrected chi connectivity index (χ2v) is 8.58. The fourth-order valence-electron chi connectivity index (χ4n) is 4.22. The Hall–Kier alpha value is -3.14. The number of ether oxygens (including phenoxy) is 5. The number of benzene rings is 2. The van der Waals surface area contributed by atoms with Crippen LogP contribution in [0.3, 0.4) is 0 Å². The van der Waals surface area contributed by atoms with Gasteiger partial charge in [0.25, 0.3) is 0 Å². The van der Waals surface area contributed by atoms with E-state index in [2.05, 4.69) is 10.0 Å². The highest BCUT2D eigenvalue weighted by Crippen LogP contribution is 2.40. The lowest BCUT2D eigenvalue weighted by Gasteiger charge is -2.39. The normalized spacial score (nSPS) is 27.4. The van der Waals surface area contributed by atoms with Crippen LogP contribution >= 0.6 is 0 Å². The molecule has 34 heavy (non-hydrogen) atoms. The van der Waals surface area contributed by atoms with Crippen LogP contribution < -0.4 is 4.74 Å². The molecule has 0 amide bonds. The Kier molecular flexibility index (Phi) is 7.06. The molecule has 10 heteroatoms. The number of carbonyl (C=O) groups is 1. The molecule has 1 N–H and O–H groups in total. The molecule has 0 spiro atoms. The first kappa shape index (κ1) is 24.0. The molecular formula is C24H27N3O7. The van der Waals surface area contributed by atoms with E-state index in [-0.39, 0.29) is 18.9 Å². The smallest absolute Gasteiger partial charge is 0.309 e. The summed E-state index contributed by atoms with van der Waals surface area (Å²) in [5.74, 6) is -0.751. The highest BCUT2D eigenvalue weighted by molar-refractivity contribution is 5.75. The summed E-state index contributed by atoms with van der Waals surface area (Å²) in [5.41, 5.74) is 11.1. The lowest BCUT2D eigenvalue weighted by Crippen LogP contribution is -2.58. The Bertz CT molecular complexity index is 1090. The molecule has 0 aliphatic carbocycles. The predicted molar refractivity (Wildman–Crippen MR) is 121 cm³/mol. The monoisotopic (exact) mass is 469 g/mol. The van der Waals surface area contributed by atoms with Crippen LogP contribution in [0.25, 0.3) is 21.6 Å². The fourth-order valence-corrected chi connectivity index (χ4v) is 4.22. The van der Waals surface area contributed by atoms with Crippen molar-refractivity contribution in [3.05, 3.63) is 64.5 Å². The fraction of sp³-hybridized carbons (Fsp3) is 0.458. The van der Waals surface area contributed by atoms with Gasteiger partial charge in [-0.1, -0.05) is 47.6 Å². The van der Waals surface area contributed by atoms with Gasteiger partial charge in [0.2, 0.25) is 6.29 Å². The first-order chi connectivity index (χ1) is 16.3. The van der Waals surface area contributed by atoms with E-state index in [1.807, 2.05) is 42.5 Å². The third kappa shape index (κ3) is 5.16. The van der Waals surface area contributed by atoms with Crippen molar-refractivity contribution >= 4 is 5.97 Å². The largest absolute Gasteiger partial charge is 0.469 e. The van der Waals surface area contributed by atoms with Gasteiger partial charge in [-0.3, -0.25) is 4.79 Å². The van der Waals surface area contributed by atoms with Crippen molar-refractivity contribution in [2.24, 2.45) is 5.11 Å². The average Bonchev–Trinajstić information content (AvgIpc) is 3.16. The highest BCUT2D eigenvalue weighted by atomic mass is 16.8. The predicted octanol–water partition coefficient (Wildman–Crippen LogP) is 3.36. The van der Waals surface area contributed by atoms with Crippen LogP contribution in [0, 0.1) is 0 Å². The van der Waals surface area contributed by atoms with Crippen LogP contribution in [0.4, 0.5) is 0 Å². The van der Waals surface area contributed by atoms with Gasteiger partial charge in [0.05, 0.1) is 26.2 Å². The summed E-state index contributed by atoms with van der Waals surface area (Å²) in [6.45, 7) is 3.42. The van der Waals surface area contributed by atoms with E-state index in [0.29, 0.717) is 5.75 Å². The topological polar surface area (TPSA) is 132 Å². The van der Waals surface area contributed by atoms with Crippen molar-refractivity contribution in [1.82, 2.24) is 0 Å². The molecule has 10 nitrogen and oxygen atoms in total. The van der Waals surface area contributed by atoms with Gasteiger partial charge in [0, 0.05) is 10.5 Å². The van der Waals surface area contributed by atoms with Crippen molar-refractivity contribution in [3.63, 3.8) is 0 Å². The molecule has 0 bridgehead atoms. The standard InChI is InChI=1S/C24H27N3O7/c1-24(2)33-21-20(29)18(13-26-27-25)32-23(22(21)34-24)31-17-10-5-4-9-16(17)15-8-6-7-14(11-15)12-19(28)30-3/h4-11,18,20-23,29H,12-13H2,1-3H3/t18-,20-,21+,22+,23+/m1/s1. The maximum Gasteiger partial charge on any atom is 0.309 e. The Balaban J connectivity index is 1.63. The van der Waals surface area contributed by atoms with Crippen LogP contribution in [0.1, 0.15) is 19.4 Å². The van der Waals surface area contributed by atoms with Crippen molar-refractivity contribution in [2.45, 2.75) is 56.8 Å². The molecule has 180 valence electrons. The van der Waals surface area contributed by atoms with Crippen LogP contribution in [-0.4, -0.2) is 61.2 Å². The molecule has 2 aromatic carbocycles. The molecule has 0 saturated carbocycles. The molecule has 2 heterocycles. The van der Waals surface area contributed by atoms with Gasteiger partial charge in [-0.2, -0.15) is 0 Å². The third-order valence-corrected chi connectivity index (χ3v) is 5.73. The van der Waals surface area contributed by atoms with Crippen LogP contribution in [-0.2, 0) is 30.2 Å². The SMILES string of the molecule is COC(=O)Cc1cccc(-c2ccccc2O[C@H]2O[C@H](CN=[N+]=[N-])[C@@H](O)[C@@H]3OC(C)(C)O[C@H]23)c1. The van der Waals surface area contributed by atoms with Gasteiger partial charge in [-0.15, -0.1) is 0 Å². The first-order valence-corrected chi connectivity index (χ1v) is 10.9. The molecule has 4 rings (SSSR count). The average molecular weight is 469 g/mol. The molecule has 5 atom stereocenters. The Morgan fingerprint density at radius 1 is 1.18 bits per heavy atom. The summed E-state index contributed by atoms with van der Waals surface area (Å²) in [6, 6.07) is 14.9. The molecule has 0 radical (unpaired) electrons. The minimum atomic E-state index is -1.05. The zero-order chi connectivity index (χ0) is 24.3. The molecule has 2 fully saturated rings. The number of rotatable bonds is 7. The second-order valence-electron chi connectivity index (χ2n) is 8.58. The Morgan fingerprint density at radius 3 is 2.71 bits per heavy atom. The van der Waals surface area contributed by atoms with Gasteiger partial charge in [0.1, 0.15) is 18.0 Å². The number of esters is 1. The van der Waals surface area contributed by atoms with Crippen molar-refractivity contribution in [1.29, 1.82) is 0 Å². The third-order valence-electron chi connectivity index (χ3n) is 5.73. The summed E-state index contributed by atoms with van der Waals surface area (Å²) >= 11 is 0. The first-order valence-electron chi connectivity index (χ1n) is 10.9. The van der Waals surface area contributed by atoms with E-state index in [1.54, 1.807) is 19.9 Å².